The second kappa shape index (κ2) is 10.3. The lowest BCUT2D eigenvalue weighted by atomic mass is 9.85. The molecule has 1 aliphatic rings. The number of hydrogen-bond acceptors (Lipinski definition) is 0. The van der Waals surface area contributed by atoms with Crippen LogP contribution in [0.3, 0.4) is 0 Å². The normalized spacial score (nSPS) is 18.9. The van der Waals surface area contributed by atoms with Crippen LogP contribution in [0.4, 0.5) is 4.39 Å². The van der Waals surface area contributed by atoms with Crippen molar-refractivity contribution in [1.82, 2.24) is 0 Å². The zero-order valence-corrected chi connectivity index (χ0v) is 17.1. The Bertz CT molecular complexity index is 736. The number of hydrogen-bond donors (Lipinski definition) is 0. The highest BCUT2D eigenvalue weighted by Gasteiger charge is 2.26. The van der Waals surface area contributed by atoms with Gasteiger partial charge in [-0.15, -0.1) is 0 Å². The number of alkyl halides is 1. The van der Waals surface area contributed by atoms with Crippen LogP contribution < -0.4 is 0 Å². The SMILES string of the molecule is C=C(CCc1ccc(C2=CCC(C)(F)CC2)cc1)Cc1ccccc1.CC. The molecule has 0 spiro atoms. The highest BCUT2D eigenvalue weighted by molar-refractivity contribution is 5.66. The molecular weight excluding hydrogens is 331 g/mol. The average molecular weight is 365 g/mol. The van der Waals surface area contributed by atoms with Crippen LogP contribution in [0.5, 0.6) is 0 Å². The minimum Gasteiger partial charge on any atom is -0.244 e. The Labute approximate surface area is 164 Å². The first kappa shape index (κ1) is 21.2. The molecule has 1 atom stereocenters. The van der Waals surface area contributed by atoms with Gasteiger partial charge in [0.2, 0.25) is 0 Å². The third-order valence-corrected chi connectivity index (χ3v) is 5.08. The van der Waals surface area contributed by atoms with Crippen LogP contribution >= 0.6 is 0 Å². The molecule has 0 saturated carbocycles. The van der Waals surface area contributed by atoms with Gasteiger partial charge in [0.05, 0.1) is 0 Å². The summed E-state index contributed by atoms with van der Waals surface area (Å²) in [6, 6.07) is 19.3. The summed E-state index contributed by atoms with van der Waals surface area (Å²) in [6.45, 7) is 9.93. The van der Waals surface area contributed by atoms with E-state index >= 15 is 0 Å². The Morgan fingerprint density at radius 2 is 1.67 bits per heavy atom. The van der Waals surface area contributed by atoms with E-state index in [4.69, 9.17) is 0 Å². The van der Waals surface area contributed by atoms with Gasteiger partial charge < -0.3 is 0 Å². The molecule has 0 bridgehead atoms. The van der Waals surface area contributed by atoms with Crippen molar-refractivity contribution in [3.05, 3.63) is 89.5 Å². The fourth-order valence-corrected chi connectivity index (χ4v) is 3.38. The number of rotatable bonds is 6. The third-order valence-electron chi connectivity index (χ3n) is 5.08. The van der Waals surface area contributed by atoms with Crippen molar-refractivity contribution in [3.8, 4) is 0 Å². The molecule has 1 heteroatoms. The smallest absolute Gasteiger partial charge is 0.112 e. The van der Waals surface area contributed by atoms with E-state index in [1.807, 2.05) is 19.9 Å². The summed E-state index contributed by atoms with van der Waals surface area (Å²) in [6.07, 6.45) is 7.04. The van der Waals surface area contributed by atoms with Crippen LogP contribution in [0.25, 0.3) is 5.57 Å². The topological polar surface area (TPSA) is 0 Å². The summed E-state index contributed by atoms with van der Waals surface area (Å²) in [4.78, 5) is 0. The average Bonchev–Trinajstić information content (AvgIpc) is 2.69. The number of allylic oxidation sites excluding steroid dienone is 3. The van der Waals surface area contributed by atoms with E-state index in [0.29, 0.717) is 12.8 Å². The molecule has 0 amide bonds. The molecular formula is C26H33F. The summed E-state index contributed by atoms with van der Waals surface area (Å²) in [5.41, 5.74) is 5.43. The van der Waals surface area contributed by atoms with Gasteiger partial charge in [0.25, 0.3) is 0 Å². The van der Waals surface area contributed by atoms with Crippen LogP contribution in [0.2, 0.25) is 0 Å². The Morgan fingerprint density at radius 1 is 1.00 bits per heavy atom. The van der Waals surface area contributed by atoms with Crippen molar-refractivity contribution in [1.29, 1.82) is 0 Å². The fraction of sp³-hybridized carbons (Fsp3) is 0.385. The van der Waals surface area contributed by atoms with Crippen LogP contribution in [-0.4, -0.2) is 5.67 Å². The van der Waals surface area contributed by atoms with Crippen LogP contribution in [0.15, 0.2) is 72.8 Å². The van der Waals surface area contributed by atoms with Gasteiger partial charge in [-0.05, 0) is 67.7 Å². The van der Waals surface area contributed by atoms with Crippen LogP contribution in [-0.2, 0) is 12.8 Å². The second-order valence-corrected chi connectivity index (χ2v) is 7.46. The zero-order valence-electron chi connectivity index (χ0n) is 17.1. The van der Waals surface area contributed by atoms with Crippen LogP contribution in [0.1, 0.15) is 63.1 Å². The van der Waals surface area contributed by atoms with E-state index in [-0.39, 0.29) is 0 Å². The first-order chi connectivity index (χ1) is 13.0. The molecule has 1 aliphatic carbocycles. The zero-order chi connectivity index (χ0) is 19.7. The lowest BCUT2D eigenvalue weighted by Crippen LogP contribution is -2.19. The van der Waals surface area contributed by atoms with E-state index in [1.165, 1.54) is 27.8 Å². The van der Waals surface area contributed by atoms with Gasteiger partial charge in [-0.2, -0.15) is 0 Å². The maximum absolute atomic E-state index is 13.9. The van der Waals surface area contributed by atoms with Crippen molar-refractivity contribution in [2.24, 2.45) is 0 Å². The Hall–Kier alpha value is -2.15. The van der Waals surface area contributed by atoms with E-state index in [1.54, 1.807) is 6.92 Å². The van der Waals surface area contributed by atoms with Gasteiger partial charge >= 0.3 is 0 Å². The molecule has 144 valence electrons. The first-order valence-electron chi connectivity index (χ1n) is 10.2. The molecule has 0 heterocycles. The number of aryl methyl sites for hydroxylation is 1. The molecule has 0 nitrogen and oxygen atoms in total. The van der Waals surface area contributed by atoms with Gasteiger partial charge in [-0.3, -0.25) is 0 Å². The Morgan fingerprint density at radius 3 is 2.26 bits per heavy atom. The lowest BCUT2D eigenvalue weighted by molar-refractivity contribution is 0.176. The van der Waals surface area contributed by atoms with Gasteiger partial charge in [0, 0.05) is 0 Å². The minimum atomic E-state index is -1.03. The Kier molecular flexibility index (Phi) is 8.03. The highest BCUT2D eigenvalue weighted by atomic mass is 19.1. The summed E-state index contributed by atoms with van der Waals surface area (Å²) in [5.74, 6) is 0. The molecule has 0 fully saturated rings. The molecule has 3 rings (SSSR count). The predicted octanol–water partition coefficient (Wildman–Crippen LogP) is 7.74. The van der Waals surface area contributed by atoms with Crippen molar-refractivity contribution >= 4 is 5.57 Å². The van der Waals surface area contributed by atoms with Gasteiger partial charge in [0.1, 0.15) is 5.67 Å². The highest BCUT2D eigenvalue weighted by Crippen LogP contribution is 2.35. The standard InChI is InChI=1S/C24H27F.C2H6/c1-19(18-21-6-4-3-5-7-21)8-9-20-10-12-22(13-11-20)23-14-16-24(2,25)17-15-23;1-2/h3-7,10-14H,1,8-9,15-18H2,2H3;1-2H3. The minimum absolute atomic E-state index is 0.531. The van der Waals surface area contributed by atoms with Crippen molar-refractivity contribution < 1.29 is 4.39 Å². The van der Waals surface area contributed by atoms with Crippen molar-refractivity contribution in [3.63, 3.8) is 0 Å². The summed E-state index contributed by atoms with van der Waals surface area (Å²) >= 11 is 0. The number of halogens is 1. The number of benzene rings is 2. The molecule has 27 heavy (non-hydrogen) atoms. The molecule has 0 saturated heterocycles. The maximum atomic E-state index is 13.9. The van der Waals surface area contributed by atoms with E-state index in [2.05, 4.69) is 61.2 Å². The quantitative estimate of drug-likeness (QED) is 0.460. The molecule has 1 unspecified atom stereocenters. The molecule has 2 aromatic carbocycles. The molecule has 2 aromatic rings. The maximum Gasteiger partial charge on any atom is 0.112 e. The van der Waals surface area contributed by atoms with Gasteiger partial charge in [-0.25, -0.2) is 4.39 Å². The second-order valence-electron chi connectivity index (χ2n) is 7.46. The van der Waals surface area contributed by atoms with Crippen LogP contribution in [0, 0.1) is 0 Å². The molecule has 0 N–H and O–H groups in total. The largest absolute Gasteiger partial charge is 0.244 e. The summed E-state index contributed by atoms with van der Waals surface area (Å²) in [7, 11) is 0. The monoisotopic (exact) mass is 364 g/mol. The fourth-order valence-electron chi connectivity index (χ4n) is 3.38. The van der Waals surface area contributed by atoms with Crippen molar-refractivity contribution in [2.75, 3.05) is 0 Å². The van der Waals surface area contributed by atoms with Gasteiger partial charge in [-0.1, -0.05) is 86.7 Å². The molecule has 0 radical (unpaired) electrons. The molecule has 0 aromatic heterocycles. The summed E-state index contributed by atoms with van der Waals surface area (Å²) < 4.78 is 13.9. The van der Waals surface area contributed by atoms with E-state index < -0.39 is 5.67 Å². The molecule has 0 aliphatic heterocycles. The van der Waals surface area contributed by atoms with E-state index in [9.17, 15) is 4.39 Å². The van der Waals surface area contributed by atoms with Crippen molar-refractivity contribution in [2.45, 2.75) is 65.0 Å². The lowest BCUT2D eigenvalue weighted by Gasteiger charge is -2.25. The Balaban J connectivity index is 0.00000126. The predicted molar refractivity (Wildman–Crippen MR) is 117 cm³/mol. The third kappa shape index (κ3) is 6.82. The summed E-state index contributed by atoms with van der Waals surface area (Å²) in [5, 5.41) is 0. The van der Waals surface area contributed by atoms with Gasteiger partial charge in [0.15, 0.2) is 0 Å². The van der Waals surface area contributed by atoms with E-state index in [0.717, 1.165) is 25.7 Å². The first-order valence-corrected chi connectivity index (χ1v) is 10.2.